The molecule has 0 aliphatic carbocycles. The molecule has 1 amide bonds. The Morgan fingerprint density at radius 3 is 2.04 bits per heavy atom. The molecule has 2 aromatic carbocycles. The van der Waals surface area contributed by atoms with Gasteiger partial charge in [0.1, 0.15) is 5.69 Å². The van der Waals surface area contributed by atoms with Crippen LogP contribution in [0.15, 0.2) is 30.3 Å². The summed E-state index contributed by atoms with van der Waals surface area (Å²) in [5, 5.41) is 11.0. The van der Waals surface area contributed by atoms with Gasteiger partial charge in [-0.3, -0.25) is 9.69 Å². The topological polar surface area (TPSA) is 52.6 Å². The van der Waals surface area contributed by atoms with Crippen LogP contribution < -0.4 is 5.32 Å². The highest BCUT2D eigenvalue weighted by Gasteiger charge is 2.27. The minimum Gasteiger partial charge on any atom is -0.396 e. The number of nitrogens with zero attached hydrogens (tertiary/aromatic N) is 1. The lowest BCUT2D eigenvalue weighted by molar-refractivity contribution is -0.117. The Hall–Kier alpha value is -2.52. The lowest BCUT2D eigenvalue weighted by Gasteiger charge is -2.27. The van der Waals surface area contributed by atoms with Gasteiger partial charge in [-0.1, -0.05) is 30.3 Å². The van der Waals surface area contributed by atoms with Crippen molar-refractivity contribution in [3.8, 4) is 0 Å². The number of benzene rings is 2. The zero-order chi connectivity index (χ0) is 20.1. The number of aliphatic hydroxyl groups excluding tert-OH is 1. The minimum absolute atomic E-state index is 0.177. The summed E-state index contributed by atoms with van der Waals surface area (Å²) in [4.78, 5) is 13.6. The predicted molar refractivity (Wildman–Crippen MR) is 88.4 cm³/mol. The molecule has 0 fully saturated rings. The molecule has 0 aliphatic heterocycles. The molecule has 0 spiro atoms. The number of carbonyl (C=O) groups is 1. The van der Waals surface area contributed by atoms with Crippen LogP contribution in [-0.4, -0.2) is 36.1 Å². The average Bonchev–Trinajstić information content (AvgIpc) is 2.66. The van der Waals surface area contributed by atoms with Crippen molar-refractivity contribution in [3.63, 3.8) is 0 Å². The summed E-state index contributed by atoms with van der Waals surface area (Å²) in [7, 11) is 1.53. The molecular weight excluding hydrogens is 371 g/mol. The molecule has 2 N–H and O–H groups in total. The second-order valence-corrected chi connectivity index (χ2v) is 5.85. The first kappa shape index (κ1) is 20.8. The van der Waals surface area contributed by atoms with E-state index >= 15 is 0 Å². The van der Waals surface area contributed by atoms with Gasteiger partial charge in [-0.25, -0.2) is 22.0 Å². The van der Waals surface area contributed by atoms with Gasteiger partial charge >= 0.3 is 0 Å². The van der Waals surface area contributed by atoms with Crippen LogP contribution in [0.3, 0.4) is 0 Å². The van der Waals surface area contributed by atoms with Crippen molar-refractivity contribution >= 4 is 11.6 Å². The van der Waals surface area contributed by atoms with Crippen molar-refractivity contribution in [2.75, 3.05) is 25.5 Å². The summed E-state index contributed by atoms with van der Waals surface area (Å²) in [6.45, 7) is -0.581. The summed E-state index contributed by atoms with van der Waals surface area (Å²) in [6.07, 6.45) is 0.274. The summed E-state index contributed by atoms with van der Waals surface area (Å²) >= 11 is 0. The van der Waals surface area contributed by atoms with Gasteiger partial charge < -0.3 is 10.4 Å². The smallest absolute Gasteiger partial charge is 0.238 e. The van der Waals surface area contributed by atoms with Crippen LogP contribution in [0.2, 0.25) is 0 Å². The van der Waals surface area contributed by atoms with E-state index in [1.807, 2.05) is 0 Å². The number of hydrogen-bond acceptors (Lipinski definition) is 3. The Labute approximate surface area is 152 Å². The van der Waals surface area contributed by atoms with Gasteiger partial charge in [0.2, 0.25) is 11.7 Å². The van der Waals surface area contributed by atoms with Crippen LogP contribution in [0.1, 0.15) is 18.0 Å². The number of anilines is 1. The first-order chi connectivity index (χ1) is 12.8. The van der Waals surface area contributed by atoms with Crippen LogP contribution in [-0.2, 0) is 4.79 Å². The van der Waals surface area contributed by atoms with Gasteiger partial charge in [0.05, 0.1) is 6.54 Å². The van der Waals surface area contributed by atoms with E-state index in [2.05, 4.69) is 0 Å². The maximum atomic E-state index is 13.7. The minimum atomic E-state index is -2.30. The summed E-state index contributed by atoms with van der Waals surface area (Å²) < 4.78 is 66.8. The van der Waals surface area contributed by atoms with E-state index in [1.54, 1.807) is 35.6 Å². The highest BCUT2D eigenvalue weighted by atomic mass is 19.2. The number of amides is 1. The third-order valence-corrected chi connectivity index (χ3v) is 3.99. The summed E-state index contributed by atoms with van der Waals surface area (Å²) in [5.41, 5.74) is -0.610. The van der Waals surface area contributed by atoms with E-state index in [9.17, 15) is 31.9 Å². The van der Waals surface area contributed by atoms with Crippen LogP contribution in [0, 0.1) is 29.1 Å². The SMILES string of the molecule is CN(CC(=O)Nc1c(F)c(F)c(F)c(F)c1F)[C@H](CCO)c1ccccc1. The molecule has 0 unspecified atom stereocenters. The summed E-state index contributed by atoms with van der Waals surface area (Å²) in [6, 6.07) is 8.48. The second-order valence-electron chi connectivity index (χ2n) is 5.85. The number of nitrogens with one attached hydrogen (secondary N) is 1. The van der Waals surface area contributed by atoms with Crippen LogP contribution >= 0.6 is 0 Å². The van der Waals surface area contributed by atoms with E-state index in [1.165, 1.54) is 11.9 Å². The van der Waals surface area contributed by atoms with Gasteiger partial charge in [0.25, 0.3) is 0 Å². The van der Waals surface area contributed by atoms with Crippen molar-refractivity contribution in [2.24, 2.45) is 0 Å². The normalized spacial score (nSPS) is 12.3. The molecule has 2 aromatic rings. The third kappa shape index (κ3) is 4.61. The maximum Gasteiger partial charge on any atom is 0.238 e. The number of aliphatic hydroxyl groups is 1. The molecule has 0 aromatic heterocycles. The molecule has 0 saturated heterocycles. The fourth-order valence-electron chi connectivity index (χ4n) is 2.67. The van der Waals surface area contributed by atoms with Crippen LogP contribution in [0.25, 0.3) is 0 Å². The largest absolute Gasteiger partial charge is 0.396 e. The van der Waals surface area contributed by atoms with E-state index in [0.717, 1.165) is 5.56 Å². The number of halogens is 5. The van der Waals surface area contributed by atoms with E-state index in [-0.39, 0.29) is 13.0 Å². The van der Waals surface area contributed by atoms with Gasteiger partial charge in [0, 0.05) is 12.6 Å². The second kappa shape index (κ2) is 8.92. The van der Waals surface area contributed by atoms with Crippen LogP contribution in [0.4, 0.5) is 27.6 Å². The fraction of sp³-hybridized carbons (Fsp3) is 0.278. The molecule has 2 rings (SSSR count). The molecule has 0 radical (unpaired) electrons. The van der Waals surface area contributed by atoms with Gasteiger partial charge in [-0.05, 0) is 19.0 Å². The van der Waals surface area contributed by atoms with Crippen molar-refractivity contribution < 1.29 is 31.9 Å². The Morgan fingerprint density at radius 2 is 1.52 bits per heavy atom. The maximum absolute atomic E-state index is 13.7. The molecule has 1 atom stereocenters. The summed E-state index contributed by atoms with van der Waals surface area (Å²) in [5.74, 6) is -11.8. The average molecular weight is 388 g/mol. The molecule has 0 saturated carbocycles. The Balaban J connectivity index is 2.18. The van der Waals surface area contributed by atoms with E-state index in [4.69, 9.17) is 0 Å². The highest BCUT2D eigenvalue weighted by molar-refractivity contribution is 5.92. The molecule has 9 heteroatoms. The van der Waals surface area contributed by atoms with Gasteiger partial charge in [-0.2, -0.15) is 0 Å². The molecule has 0 bridgehead atoms. The zero-order valence-corrected chi connectivity index (χ0v) is 14.3. The fourth-order valence-corrected chi connectivity index (χ4v) is 2.67. The Kier molecular flexibility index (Phi) is 6.86. The third-order valence-electron chi connectivity index (χ3n) is 3.99. The molecule has 27 heavy (non-hydrogen) atoms. The number of hydrogen-bond donors (Lipinski definition) is 2. The van der Waals surface area contributed by atoms with E-state index < -0.39 is 53.3 Å². The molecular formula is C18H17F5N2O2. The van der Waals surface area contributed by atoms with Crippen molar-refractivity contribution in [2.45, 2.75) is 12.5 Å². The van der Waals surface area contributed by atoms with Gasteiger partial charge in [0.15, 0.2) is 23.3 Å². The standard InChI is InChI=1S/C18H17F5N2O2/c1-25(11(7-8-26)10-5-3-2-4-6-10)9-12(27)24-18-16(22)14(20)13(19)15(21)17(18)23/h2-6,11,26H,7-9H2,1H3,(H,24,27)/t11-/m1/s1. The number of carbonyl (C=O) groups excluding carboxylic acids is 1. The quantitative estimate of drug-likeness (QED) is 0.434. The van der Waals surface area contributed by atoms with Crippen LogP contribution in [0.5, 0.6) is 0 Å². The van der Waals surface area contributed by atoms with Crippen molar-refractivity contribution in [1.82, 2.24) is 4.90 Å². The molecule has 0 heterocycles. The predicted octanol–water partition coefficient (Wildman–Crippen LogP) is 3.38. The monoisotopic (exact) mass is 388 g/mol. The zero-order valence-electron chi connectivity index (χ0n) is 14.3. The lowest BCUT2D eigenvalue weighted by Crippen LogP contribution is -2.34. The first-order valence-electron chi connectivity index (χ1n) is 7.95. The highest BCUT2D eigenvalue weighted by Crippen LogP contribution is 2.27. The molecule has 0 aliphatic rings. The lowest BCUT2D eigenvalue weighted by atomic mass is 10.0. The van der Waals surface area contributed by atoms with Gasteiger partial charge in [-0.15, -0.1) is 0 Å². The molecule has 146 valence electrons. The Bertz CT molecular complexity index is 788. The van der Waals surface area contributed by atoms with Crippen molar-refractivity contribution in [3.05, 3.63) is 65.0 Å². The van der Waals surface area contributed by atoms with E-state index in [0.29, 0.717) is 0 Å². The first-order valence-corrected chi connectivity index (χ1v) is 7.95. The molecule has 4 nitrogen and oxygen atoms in total. The Morgan fingerprint density at radius 1 is 1.00 bits per heavy atom. The number of likely N-dealkylation sites (N-methyl/N-ethyl adjacent to an activating group) is 1. The van der Waals surface area contributed by atoms with Crippen molar-refractivity contribution in [1.29, 1.82) is 0 Å². The number of rotatable bonds is 7.